The molecule has 0 saturated heterocycles. The van der Waals surface area contributed by atoms with Gasteiger partial charge in [-0.3, -0.25) is 0 Å². The molecule has 3 heteroatoms. The van der Waals surface area contributed by atoms with Gasteiger partial charge in [-0.05, 0) is 55.7 Å². The smallest absolute Gasteiger partial charge is 0.137 e. The Hall–Kier alpha value is -0.730. The van der Waals surface area contributed by atoms with E-state index in [1.165, 1.54) is 17.6 Å². The first-order valence-electron chi connectivity index (χ1n) is 7.25. The van der Waals surface area contributed by atoms with Crippen molar-refractivity contribution >= 4 is 11.6 Å². The summed E-state index contributed by atoms with van der Waals surface area (Å²) in [5.74, 6) is 1.54. The van der Waals surface area contributed by atoms with Gasteiger partial charge in [-0.2, -0.15) is 0 Å². The molecule has 1 N–H and O–H groups in total. The predicted octanol–water partition coefficient (Wildman–Crippen LogP) is 4.00. The van der Waals surface area contributed by atoms with Crippen molar-refractivity contribution in [2.24, 2.45) is 11.8 Å². The number of rotatable bonds is 0. The van der Waals surface area contributed by atoms with Gasteiger partial charge in [0.05, 0.1) is 5.03 Å². The van der Waals surface area contributed by atoms with Crippen LogP contribution in [0.2, 0.25) is 0 Å². The van der Waals surface area contributed by atoms with Crippen molar-refractivity contribution < 1.29 is 5.11 Å². The third-order valence-corrected chi connectivity index (χ3v) is 5.05. The van der Waals surface area contributed by atoms with Crippen molar-refractivity contribution in [1.82, 2.24) is 4.90 Å². The van der Waals surface area contributed by atoms with Crippen LogP contribution in [0.5, 0.6) is 0 Å². The molecule has 1 aliphatic heterocycles. The van der Waals surface area contributed by atoms with Crippen LogP contribution in [-0.2, 0) is 0 Å². The highest BCUT2D eigenvalue weighted by Crippen LogP contribution is 2.45. The first kappa shape index (κ1) is 13.3. The lowest BCUT2D eigenvalue weighted by Crippen LogP contribution is -2.29. The summed E-state index contributed by atoms with van der Waals surface area (Å²) in [7, 11) is 2.21. The van der Waals surface area contributed by atoms with Gasteiger partial charge in [0, 0.05) is 13.1 Å². The minimum Gasteiger partial charge on any atom is -0.506 e. The number of allylic oxidation sites excluding steroid dienone is 3. The van der Waals surface area contributed by atoms with E-state index >= 15 is 0 Å². The van der Waals surface area contributed by atoms with E-state index in [4.69, 9.17) is 11.6 Å². The van der Waals surface area contributed by atoms with Crippen LogP contribution in [0, 0.1) is 11.8 Å². The van der Waals surface area contributed by atoms with Crippen molar-refractivity contribution in [3.8, 4) is 0 Å². The van der Waals surface area contributed by atoms with Gasteiger partial charge in [0.1, 0.15) is 5.76 Å². The normalized spacial score (nSPS) is 32.7. The van der Waals surface area contributed by atoms with Crippen molar-refractivity contribution in [3.05, 3.63) is 33.6 Å². The quantitative estimate of drug-likeness (QED) is 0.724. The SMILES string of the molecule is CC1CC2=C(O)C(Cl)=CCC3=C2C(C1)CN(C)CC3. The molecular weight excluding hydrogens is 258 g/mol. The first-order valence-corrected chi connectivity index (χ1v) is 7.63. The van der Waals surface area contributed by atoms with Gasteiger partial charge >= 0.3 is 0 Å². The summed E-state index contributed by atoms with van der Waals surface area (Å²) in [5, 5.41) is 11.0. The van der Waals surface area contributed by atoms with Crippen LogP contribution in [0.3, 0.4) is 0 Å². The van der Waals surface area contributed by atoms with E-state index in [-0.39, 0.29) is 0 Å². The van der Waals surface area contributed by atoms with E-state index < -0.39 is 0 Å². The van der Waals surface area contributed by atoms with Crippen LogP contribution in [0.15, 0.2) is 33.6 Å². The van der Waals surface area contributed by atoms with Gasteiger partial charge in [0.25, 0.3) is 0 Å². The molecule has 19 heavy (non-hydrogen) atoms. The highest BCUT2D eigenvalue weighted by molar-refractivity contribution is 6.31. The Bertz CT molecular complexity index is 489. The lowest BCUT2D eigenvalue weighted by atomic mass is 9.73. The Balaban J connectivity index is 2.11. The van der Waals surface area contributed by atoms with Gasteiger partial charge < -0.3 is 10.0 Å². The molecule has 0 spiro atoms. The van der Waals surface area contributed by atoms with Crippen molar-refractivity contribution in [3.63, 3.8) is 0 Å². The van der Waals surface area contributed by atoms with E-state index in [1.807, 2.05) is 6.08 Å². The third kappa shape index (κ3) is 2.36. The fraction of sp³-hybridized carbons (Fsp3) is 0.625. The van der Waals surface area contributed by atoms with Gasteiger partial charge in [-0.1, -0.05) is 30.2 Å². The van der Waals surface area contributed by atoms with Gasteiger partial charge in [-0.25, -0.2) is 0 Å². The molecule has 2 nitrogen and oxygen atoms in total. The van der Waals surface area contributed by atoms with Crippen LogP contribution < -0.4 is 0 Å². The van der Waals surface area contributed by atoms with Crippen LogP contribution in [0.4, 0.5) is 0 Å². The fourth-order valence-corrected chi connectivity index (χ4v) is 4.07. The highest BCUT2D eigenvalue weighted by atomic mass is 35.5. The minimum atomic E-state index is 0.341. The molecule has 0 bridgehead atoms. The summed E-state index contributed by atoms with van der Waals surface area (Å²) in [6.45, 7) is 4.50. The lowest BCUT2D eigenvalue weighted by molar-refractivity contribution is 0.270. The molecule has 3 aliphatic rings. The molecule has 3 rings (SSSR count). The van der Waals surface area contributed by atoms with Gasteiger partial charge in [-0.15, -0.1) is 0 Å². The zero-order valence-corrected chi connectivity index (χ0v) is 12.5. The zero-order valence-electron chi connectivity index (χ0n) is 11.7. The maximum absolute atomic E-state index is 10.4. The molecule has 0 amide bonds. The second kappa shape index (κ2) is 4.99. The summed E-state index contributed by atoms with van der Waals surface area (Å²) in [6.07, 6.45) is 6.19. The molecule has 1 heterocycles. The van der Waals surface area contributed by atoms with E-state index in [9.17, 15) is 5.11 Å². The van der Waals surface area contributed by atoms with Crippen LogP contribution in [0.25, 0.3) is 0 Å². The number of aliphatic hydroxyl groups is 1. The maximum Gasteiger partial charge on any atom is 0.137 e. The molecule has 104 valence electrons. The summed E-state index contributed by atoms with van der Waals surface area (Å²) in [4.78, 5) is 2.43. The Labute approximate surface area is 120 Å². The molecular formula is C16H22ClNO. The number of halogens is 1. The second-order valence-corrected chi connectivity index (χ2v) is 6.76. The largest absolute Gasteiger partial charge is 0.506 e. The van der Waals surface area contributed by atoms with E-state index in [0.717, 1.165) is 37.9 Å². The topological polar surface area (TPSA) is 23.5 Å². The minimum absolute atomic E-state index is 0.341. The van der Waals surface area contributed by atoms with E-state index in [2.05, 4.69) is 18.9 Å². The molecule has 0 aromatic rings. The van der Waals surface area contributed by atoms with Crippen molar-refractivity contribution in [2.45, 2.75) is 32.6 Å². The van der Waals surface area contributed by atoms with Crippen LogP contribution in [0.1, 0.15) is 32.6 Å². The molecule has 1 fully saturated rings. The third-order valence-electron chi connectivity index (χ3n) is 4.72. The first-order chi connectivity index (χ1) is 9.06. The number of hydrogen-bond acceptors (Lipinski definition) is 2. The summed E-state index contributed by atoms with van der Waals surface area (Å²) < 4.78 is 0. The highest BCUT2D eigenvalue weighted by Gasteiger charge is 2.34. The Kier molecular flexibility index (Phi) is 3.48. The average molecular weight is 280 g/mol. The monoisotopic (exact) mass is 279 g/mol. The Morgan fingerprint density at radius 1 is 1.42 bits per heavy atom. The summed E-state index contributed by atoms with van der Waals surface area (Å²) in [6, 6.07) is 0. The van der Waals surface area contributed by atoms with Gasteiger partial charge in [0.15, 0.2) is 0 Å². The Morgan fingerprint density at radius 2 is 2.21 bits per heavy atom. The number of hydrogen-bond donors (Lipinski definition) is 1. The number of aliphatic hydroxyl groups excluding tert-OH is 1. The molecule has 2 unspecified atom stereocenters. The Morgan fingerprint density at radius 3 is 3.00 bits per heavy atom. The lowest BCUT2D eigenvalue weighted by Gasteiger charge is -2.34. The molecule has 2 aliphatic carbocycles. The second-order valence-electron chi connectivity index (χ2n) is 6.35. The molecule has 0 aromatic carbocycles. The molecule has 0 aromatic heterocycles. The summed E-state index contributed by atoms with van der Waals surface area (Å²) >= 11 is 6.22. The van der Waals surface area contributed by atoms with E-state index in [1.54, 1.807) is 0 Å². The molecule has 2 atom stereocenters. The molecule has 0 radical (unpaired) electrons. The van der Waals surface area contributed by atoms with Crippen molar-refractivity contribution in [2.75, 3.05) is 20.1 Å². The van der Waals surface area contributed by atoms with Crippen molar-refractivity contribution in [1.29, 1.82) is 0 Å². The standard InChI is InChI=1S/C16H22ClNO/c1-10-7-12-9-18(2)6-5-11-3-4-14(17)16(19)13(8-10)15(11)12/h4,10,12,19H,3,5-9H2,1-2H3. The number of nitrogens with zero attached hydrogens (tertiary/aromatic N) is 1. The van der Waals surface area contributed by atoms with E-state index in [0.29, 0.717) is 22.6 Å². The fourth-order valence-electron chi connectivity index (χ4n) is 3.88. The van der Waals surface area contributed by atoms with Crippen LogP contribution in [-0.4, -0.2) is 30.1 Å². The average Bonchev–Trinajstić information content (AvgIpc) is 2.58. The zero-order chi connectivity index (χ0) is 13.6. The summed E-state index contributed by atoms with van der Waals surface area (Å²) in [5.41, 5.74) is 4.07. The van der Waals surface area contributed by atoms with Crippen LogP contribution >= 0.6 is 11.6 Å². The maximum atomic E-state index is 10.4. The predicted molar refractivity (Wildman–Crippen MR) is 79.2 cm³/mol. The van der Waals surface area contributed by atoms with Gasteiger partial charge in [0.2, 0.25) is 0 Å². The molecule has 1 saturated carbocycles.